The number of rotatable bonds is 5. The normalized spacial score (nSPS) is 18.0. The predicted molar refractivity (Wildman–Crippen MR) is 79.4 cm³/mol. The molecule has 1 aliphatic rings. The molecule has 2 rings (SSSR count). The molecular formula is C12H16ClN3O3S. The van der Waals surface area contributed by atoms with Gasteiger partial charge in [-0.3, -0.25) is 9.59 Å². The van der Waals surface area contributed by atoms with Gasteiger partial charge in [0, 0.05) is 6.54 Å². The zero-order valence-corrected chi connectivity index (χ0v) is 12.7. The summed E-state index contributed by atoms with van der Waals surface area (Å²) in [5.74, 6) is 2.35. The molecule has 1 aromatic heterocycles. The van der Waals surface area contributed by atoms with E-state index in [4.69, 9.17) is 11.6 Å². The van der Waals surface area contributed by atoms with Gasteiger partial charge in [0.15, 0.2) is 0 Å². The van der Waals surface area contributed by atoms with E-state index in [0.717, 1.165) is 17.0 Å². The maximum atomic E-state index is 12.0. The van der Waals surface area contributed by atoms with Crippen molar-refractivity contribution in [2.75, 3.05) is 30.5 Å². The van der Waals surface area contributed by atoms with Crippen LogP contribution in [0, 0.1) is 5.92 Å². The van der Waals surface area contributed by atoms with Crippen molar-refractivity contribution in [3.05, 3.63) is 21.6 Å². The summed E-state index contributed by atoms with van der Waals surface area (Å²) in [7, 11) is 1.25. The van der Waals surface area contributed by atoms with E-state index in [9.17, 15) is 9.59 Å². The lowest BCUT2D eigenvalue weighted by Crippen LogP contribution is -2.28. The predicted octanol–water partition coefficient (Wildman–Crippen LogP) is 1.23. The molecule has 2 heterocycles. The number of nitrogens with zero attached hydrogens (tertiary/aromatic N) is 2. The van der Waals surface area contributed by atoms with Gasteiger partial charge in [-0.2, -0.15) is 16.9 Å². The van der Waals surface area contributed by atoms with Crippen LogP contribution in [0.1, 0.15) is 6.42 Å². The molecule has 8 heteroatoms. The molecule has 1 unspecified atom stereocenters. The summed E-state index contributed by atoms with van der Waals surface area (Å²) in [5.41, 5.74) is 0.0116. The van der Waals surface area contributed by atoms with Crippen molar-refractivity contribution in [3.63, 3.8) is 0 Å². The van der Waals surface area contributed by atoms with Crippen molar-refractivity contribution in [3.8, 4) is 0 Å². The third kappa shape index (κ3) is 3.67. The van der Waals surface area contributed by atoms with Crippen LogP contribution in [0.2, 0.25) is 5.02 Å². The molecular weight excluding hydrogens is 302 g/mol. The van der Waals surface area contributed by atoms with Gasteiger partial charge in [-0.1, -0.05) is 11.6 Å². The van der Waals surface area contributed by atoms with Crippen molar-refractivity contribution in [2.24, 2.45) is 5.92 Å². The Balaban J connectivity index is 2.05. The molecule has 1 N–H and O–H groups in total. The summed E-state index contributed by atoms with van der Waals surface area (Å²) in [6.07, 6.45) is 2.64. The van der Waals surface area contributed by atoms with Gasteiger partial charge in [-0.15, -0.1) is 0 Å². The van der Waals surface area contributed by atoms with Crippen LogP contribution >= 0.6 is 23.4 Å². The van der Waals surface area contributed by atoms with E-state index in [1.54, 1.807) is 0 Å². The number of anilines is 1. The second kappa shape index (κ2) is 6.99. The van der Waals surface area contributed by atoms with Crippen molar-refractivity contribution in [2.45, 2.75) is 13.0 Å². The lowest BCUT2D eigenvalue weighted by molar-refractivity contribution is -0.141. The number of halogens is 1. The minimum absolute atomic E-state index is 0.0505. The van der Waals surface area contributed by atoms with Crippen LogP contribution in [0.5, 0.6) is 0 Å². The zero-order chi connectivity index (χ0) is 14.5. The van der Waals surface area contributed by atoms with Crippen molar-refractivity contribution in [1.29, 1.82) is 0 Å². The number of methoxy groups -OCH3 is 1. The highest BCUT2D eigenvalue weighted by atomic mass is 35.5. The van der Waals surface area contributed by atoms with Crippen LogP contribution in [-0.4, -0.2) is 40.9 Å². The Morgan fingerprint density at radius 1 is 1.70 bits per heavy atom. The Hall–Kier alpha value is -1.21. The van der Waals surface area contributed by atoms with E-state index >= 15 is 0 Å². The quantitative estimate of drug-likeness (QED) is 0.824. The van der Waals surface area contributed by atoms with Crippen molar-refractivity contribution in [1.82, 2.24) is 9.78 Å². The fraction of sp³-hybridized carbons (Fsp3) is 0.583. The zero-order valence-electron chi connectivity index (χ0n) is 11.1. The van der Waals surface area contributed by atoms with Crippen LogP contribution in [0.4, 0.5) is 5.69 Å². The summed E-state index contributed by atoms with van der Waals surface area (Å²) < 4.78 is 5.49. The van der Waals surface area contributed by atoms with Gasteiger partial charge in [0.2, 0.25) is 0 Å². The molecule has 110 valence electrons. The number of thioether (sulfide) groups is 1. The molecule has 0 amide bonds. The molecule has 1 saturated heterocycles. The molecule has 6 nitrogen and oxygen atoms in total. The Labute approximate surface area is 125 Å². The highest BCUT2D eigenvalue weighted by molar-refractivity contribution is 7.99. The maximum Gasteiger partial charge on any atom is 0.327 e. The molecule has 1 atom stereocenters. The molecule has 0 saturated carbocycles. The number of hydrogen-bond acceptors (Lipinski definition) is 6. The van der Waals surface area contributed by atoms with Gasteiger partial charge in [-0.05, 0) is 23.8 Å². The Bertz CT molecular complexity index is 543. The summed E-state index contributed by atoms with van der Waals surface area (Å²) in [4.78, 5) is 23.1. The second-order valence-corrected chi connectivity index (χ2v) is 6.05. The van der Waals surface area contributed by atoms with Crippen LogP contribution < -0.4 is 10.9 Å². The van der Waals surface area contributed by atoms with Crippen molar-refractivity contribution >= 4 is 35.0 Å². The number of hydrogen-bond donors (Lipinski definition) is 1. The number of aromatic nitrogens is 2. The van der Waals surface area contributed by atoms with Gasteiger partial charge in [0.25, 0.3) is 5.56 Å². The van der Waals surface area contributed by atoms with E-state index in [0.29, 0.717) is 11.6 Å². The first-order valence-electron chi connectivity index (χ1n) is 6.26. The van der Waals surface area contributed by atoms with Crippen LogP contribution in [0.25, 0.3) is 0 Å². The van der Waals surface area contributed by atoms with Gasteiger partial charge in [0.1, 0.15) is 11.6 Å². The summed E-state index contributed by atoms with van der Waals surface area (Å²) in [5, 5.41) is 7.13. The number of carbonyl (C=O) groups excluding carboxylic acids is 1. The molecule has 0 aromatic carbocycles. The SMILES string of the molecule is COC(=O)Cn1ncc(NCC2CCSC2)c(Cl)c1=O. The molecule has 0 spiro atoms. The number of esters is 1. The highest BCUT2D eigenvalue weighted by Gasteiger charge is 2.17. The molecule has 20 heavy (non-hydrogen) atoms. The first-order chi connectivity index (χ1) is 9.61. The lowest BCUT2D eigenvalue weighted by Gasteiger charge is -2.12. The molecule has 0 radical (unpaired) electrons. The highest BCUT2D eigenvalue weighted by Crippen LogP contribution is 2.24. The Morgan fingerprint density at radius 2 is 2.50 bits per heavy atom. The number of ether oxygens (including phenoxy) is 1. The molecule has 1 aromatic rings. The molecule has 1 aliphatic heterocycles. The second-order valence-electron chi connectivity index (χ2n) is 4.52. The summed E-state index contributed by atoms with van der Waals surface area (Å²) in [6, 6.07) is 0. The average molecular weight is 318 g/mol. The smallest absolute Gasteiger partial charge is 0.327 e. The van der Waals surface area contributed by atoms with E-state index in [1.165, 1.54) is 25.5 Å². The summed E-state index contributed by atoms with van der Waals surface area (Å²) >= 11 is 7.95. The first-order valence-corrected chi connectivity index (χ1v) is 7.79. The van der Waals surface area contributed by atoms with Gasteiger partial charge in [-0.25, -0.2) is 4.68 Å². The summed E-state index contributed by atoms with van der Waals surface area (Å²) in [6.45, 7) is 0.531. The third-order valence-electron chi connectivity index (χ3n) is 3.10. The third-order valence-corrected chi connectivity index (χ3v) is 4.69. The lowest BCUT2D eigenvalue weighted by atomic mass is 10.1. The number of carbonyl (C=O) groups is 1. The standard InChI is InChI=1S/C12H16ClN3O3S/c1-19-10(17)6-16-12(18)11(13)9(5-15-16)14-4-8-2-3-20-7-8/h5,8,14H,2-4,6-7H2,1H3. The van der Waals surface area contributed by atoms with Gasteiger partial charge >= 0.3 is 5.97 Å². The van der Waals surface area contributed by atoms with Crippen molar-refractivity contribution < 1.29 is 9.53 Å². The number of nitrogens with one attached hydrogen (secondary N) is 1. The topological polar surface area (TPSA) is 73.2 Å². The minimum Gasteiger partial charge on any atom is -0.468 e. The Kier molecular flexibility index (Phi) is 5.31. The molecule has 0 bridgehead atoms. The van der Waals surface area contributed by atoms with Crippen LogP contribution in [-0.2, 0) is 16.1 Å². The van der Waals surface area contributed by atoms with Gasteiger partial charge < -0.3 is 10.1 Å². The fourth-order valence-corrected chi connectivity index (χ4v) is 3.38. The average Bonchev–Trinajstić information content (AvgIpc) is 2.96. The fourth-order valence-electron chi connectivity index (χ4n) is 1.89. The van der Waals surface area contributed by atoms with E-state index < -0.39 is 11.5 Å². The van der Waals surface area contributed by atoms with E-state index in [-0.39, 0.29) is 11.6 Å². The van der Waals surface area contributed by atoms with Gasteiger partial charge in [0.05, 0.1) is 19.0 Å². The minimum atomic E-state index is -0.542. The molecule has 0 aliphatic carbocycles. The maximum absolute atomic E-state index is 12.0. The first kappa shape index (κ1) is 15.2. The monoisotopic (exact) mass is 317 g/mol. The van der Waals surface area contributed by atoms with E-state index in [1.807, 2.05) is 11.8 Å². The van der Waals surface area contributed by atoms with Crippen LogP contribution in [0.15, 0.2) is 11.0 Å². The molecule has 1 fully saturated rings. The largest absolute Gasteiger partial charge is 0.468 e. The van der Waals surface area contributed by atoms with Crippen LogP contribution in [0.3, 0.4) is 0 Å². The van der Waals surface area contributed by atoms with E-state index in [2.05, 4.69) is 15.2 Å². The Morgan fingerprint density at radius 3 is 3.15 bits per heavy atom.